The van der Waals surface area contributed by atoms with E-state index in [0.717, 1.165) is 0 Å². The summed E-state index contributed by atoms with van der Waals surface area (Å²) in [4.78, 5) is 16.9. The molecule has 1 fully saturated rings. The molecule has 7 heteroatoms. The van der Waals surface area contributed by atoms with Crippen molar-refractivity contribution in [1.29, 1.82) is 0 Å². The summed E-state index contributed by atoms with van der Waals surface area (Å²) in [6.45, 7) is 0.802. The van der Waals surface area contributed by atoms with Crippen LogP contribution in [0.2, 0.25) is 0 Å². The van der Waals surface area contributed by atoms with Crippen LogP contribution in [0.25, 0.3) is 0 Å². The third-order valence-electron chi connectivity index (χ3n) is 2.87. The average Bonchev–Trinajstić information content (AvgIpc) is 2.50. The summed E-state index contributed by atoms with van der Waals surface area (Å²) in [5, 5.41) is 9.08. The number of hydrogen-bond donors (Lipinski definition) is 1. The van der Waals surface area contributed by atoms with Crippen LogP contribution in [-0.2, 0) is 9.84 Å². The van der Waals surface area contributed by atoms with Gasteiger partial charge in [0.25, 0.3) is 0 Å². The molecule has 2 rings (SSSR count). The largest absolute Gasteiger partial charge is 0.478 e. The molecule has 1 aliphatic heterocycles. The van der Waals surface area contributed by atoms with E-state index < -0.39 is 15.8 Å². The zero-order valence-electron chi connectivity index (χ0n) is 9.74. The van der Waals surface area contributed by atoms with Crippen molar-refractivity contribution in [3.8, 4) is 0 Å². The number of aromatic nitrogens is 1. The highest BCUT2D eigenvalue weighted by Crippen LogP contribution is 2.19. The molecule has 1 N–H and O–H groups in total. The Morgan fingerprint density at radius 1 is 1.33 bits per heavy atom. The first-order chi connectivity index (χ1) is 8.49. The van der Waals surface area contributed by atoms with Gasteiger partial charge in [-0.25, -0.2) is 18.2 Å². The first-order valence-electron chi connectivity index (χ1n) is 5.63. The Morgan fingerprint density at radius 3 is 2.83 bits per heavy atom. The van der Waals surface area contributed by atoms with Crippen molar-refractivity contribution in [2.24, 2.45) is 0 Å². The zero-order valence-corrected chi connectivity index (χ0v) is 10.6. The van der Waals surface area contributed by atoms with Crippen molar-refractivity contribution in [1.82, 2.24) is 4.98 Å². The van der Waals surface area contributed by atoms with E-state index in [4.69, 9.17) is 5.11 Å². The normalized spacial score (nSPS) is 19.2. The molecule has 0 spiro atoms. The average molecular weight is 270 g/mol. The Hall–Kier alpha value is -1.63. The maximum Gasteiger partial charge on any atom is 0.339 e. The number of pyridine rings is 1. The molecular weight excluding hydrogens is 256 g/mol. The highest BCUT2D eigenvalue weighted by atomic mass is 32.2. The predicted molar refractivity (Wildman–Crippen MR) is 66.7 cm³/mol. The standard InChI is InChI=1S/C11H14N2O4S/c14-11(15)9-3-1-4-12-10(9)13-5-2-7-18(16,17)8-6-13/h1,3-4H,2,5-8H2,(H,14,15). The molecule has 1 aliphatic rings. The predicted octanol–water partition coefficient (Wildman–Crippen LogP) is 0.405. The fraction of sp³-hybridized carbons (Fsp3) is 0.455. The van der Waals surface area contributed by atoms with Crippen LogP contribution >= 0.6 is 0 Å². The molecule has 18 heavy (non-hydrogen) atoms. The van der Waals surface area contributed by atoms with E-state index in [0.29, 0.717) is 25.3 Å². The van der Waals surface area contributed by atoms with E-state index >= 15 is 0 Å². The Labute approximate surface area is 105 Å². The van der Waals surface area contributed by atoms with Gasteiger partial charge in [0.2, 0.25) is 0 Å². The fourth-order valence-electron chi connectivity index (χ4n) is 1.97. The van der Waals surface area contributed by atoms with Crippen LogP contribution in [0.15, 0.2) is 18.3 Å². The first-order valence-corrected chi connectivity index (χ1v) is 7.45. The van der Waals surface area contributed by atoms with Gasteiger partial charge in [-0.15, -0.1) is 0 Å². The smallest absolute Gasteiger partial charge is 0.339 e. The lowest BCUT2D eigenvalue weighted by Crippen LogP contribution is -2.29. The Bertz CT molecular complexity index is 556. The van der Waals surface area contributed by atoms with Crippen molar-refractivity contribution in [3.63, 3.8) is 0 Å². The number of carboxylic acids is 1. The van der Waals surface area contributed by atoms with Crippen molar-refractivity contribution >= 4 is 21.6 Å². The van der Waals surface area contributed by atoms with Crippen molar-refractivity contribution in [3.05, 3.63) is 23.9 Å². The third kappa shape index (κ3) is 2.79. The minimum absolute atomic E-state index is 0.0443. The molecule has 1 aromatic heterocycles. The number of hydrogen-bond acceptors (Lipinski definition) is 5. The fourth-order valence-corrected chi connectivity index (χ4v) is 3.24. The lowest BCUT2D eigenvalue weighted by molar-refractivity contribution is 0.0697. The Kier molecular flexibility index (Phi) is 3.51. The molecule has 0 radical (unpaired) electrons. The van der Waals surface area contributed by atoms with Crippen LogP contribution in [0.1, 0.15) is 16.8 Å². The molecule has 98 valence electrons. The minimum atomic E-state index is -3.01. The van der Waals surface area contributed by atoms with Crippen molar-refractivity contribution in [2.45, 2.75) is 6.42 Å². The molecule has 0 saturated carbocycles. The van der Waals surface area contributed by atoms with E-state index in [1.54, 1.807) is 11.0 Å². The molecular formula is C11H14N2O4S. The van der Waals surface area contributed by atoms with Crippen LogP contribution in [0.5, 0.6) is 0 Å². The molecule has 0 aromatic carbocycles. The van der Waals surface area contributed by atoms with E-state index in [1.165, 1.54) is 12.3 Å². The maximum atomic E-state index is 11.5. The van der Waals surface area contributed by atoms with E-state index in [2.05, 4.69) is 4.98 Å². The molecule has 0 aliphatic carbocycles. The Morgan fingerprint density at radius 2 is 2.11 bits per heavy atom. The number of carboxylic acid groups (broad SMARTS) is 1. The van der Waals surface area contributed by atoms with Gasteiger partial charge in [0.1, 0.15) is 11.4 Å². The van der Waals surface area contributed by atoms with Gasteiger partial charge in [-0.1, -0.05) is 0 Å². The highest BCUT2D eigenvalue weighted by molar-refractivity contribution is 7.91. The third-order valence-corrected chi connectivity index (χ3v) is 4.59. The van der Waals surface area contributed by atoms with Crippen molar-refractivity contribution < 1.29 is 18.3 Å². The molecule has 0 bridgehead atoms. The monoisotopic (exact) mass is 270 g/mol. The SMILES string of the molecule is O=C(O)c1cccnc1N1CCCS(=O)(=O)CC1. The number of nitrogens with zero attached hydrogens (tertiary/aromatic N) is 2. The van der Waals surface area contributed by atoms with Crippen LogP contribution in [0, 0.1) is 0 Å². The van der Waals surface area contributed by atoms with E-state index in [-0.39, 0.29) is 17.1 Å². The highest BCUT2D eigenvalue weighted by Gasteiger charge is 2.23. The zero-order chi connectivity index (χ0) is 13.2. The molecule has 0 unspecified atom stereocenters. The van der Waals surface area contributed by atoms with Crippen LogP contribution in [0.3, 0.4) is 0 Å². The van der Waals surface area contributed by atoms with Crippen LogP contribution in [-0.4, -0.2) is 49.1 Å². The minimum Gasteiger partial charge on any atom is -0.478 e. The number of rotatable bonds is 2. The second kappa shape index (κ2) is 4.93. The summed E-state index contributed by atoms with van der Waals surface area (Å²) in [5.41, 5.74) is 0.108. The van der Waals surface area contributed by atoms with Gasteiger partial charge in [-0.3, -0.25) is 0 Å². The summed E-state index contributed by atoms with van der Waals surface area (Å²) in [6.07, 6.45) is 2.01. The van der Waals surface area contributed by atoms with Gasteiger partial charge in [0.05, 0.1) is 11.5 Å². The van der Waals surface area contributed by atoms with Gasteiger partial charge in [0.15, 0.2) is 9.84 Å². The first kappa shape index (κ1) is 12.8. The Balaban J connectivity index is 2.29. The number of aromatic carboxylic acids is 1. The second-order valence-corrected chi connectivity index (χ2v) is 6.48. The van der Waals surface area contributed by atoms with Gasteiger partial charge < -0.3 is 10.0 Å². The van der Waals surface area contributed by atoms with Gasteiger partial charge in [-0.05, 0) is 18.6 Å². The molecule has 1 saturated heterocycles. The molecule has 0 atom stereocenters. The lowest BCUT2D eigenvalue weighted by atomic mass is 10.2. The second-order valence-electron chi connectivity index (χ2n) is 4.17. The topological polar surface area (TPSA) is 87.6 Å². The molecule has 0 amide bonds. The van der Waals surface area contributed by atoms with E-state index in [1.807, 2.05) is 0 Å². The summed E-state index contributed by atoms with van der Waals surface area (Å²) >= 11 is 0. The number of carbonyl (C=O) groups is 1. The quantitative estimate of drug-likeness (QED) is 0.837. The van der Waals surface area contributed by atoms with Crippen molar-refractivity contribution in [2.75, 3.05) is 29.5 Å². The van der Waals surface area contributed by atoms with Gasteiger partial charge >= 0.3 is 5.97 Å². The van der Waals surface area contributed by atoms with Crippen LogP contribution in [0.4, 0.5) is 5.82 Å². The number of anilines is 1. The summed E-state index contributed by atoms with van der Waals surface area (Å²) < 4.78 is 23.0. The van der Waals surface area contributed by atoms with E-state index in [9.17, 15) is 13.2 Å². The van der Waals surface area contributed by atoms with Gasteiger partial charge in [0, 0.05) is 19.3 Å². The summed E-state index contributed by atoms with van der Waals surface area (Å²) in [5.74, 6) is -0.506. The lowest BCUT2D eigenvalue weighted by Gasteiger charge is -2.22. The molecule has 2 heterocycles. The van der Waals surface area contributed by atoms with Crippen LogP contribution < -0.4 is 4.90 Å². The maximum absolute atomic E-state index is 11.5. The molecule has 6 nitrogen and oxygen atoms in total. The van der Waals surface area contributed by atoms with Gasteiger partial charge in [-0.2, -0.15) is 0 Å². The molecule has 1 aromatic rings. The summed E-state index contributed by atoms with van der Waals surface area (Å²) in [6, 6.07) is 3.03. The summed E-state index contributed by atoms with van der Waals surface area (Å²) in [7, 11) is -3.01. The number of sulfone groups is 1.